The standard InChI is InChI=1S/C10H6FN5O/c11-7-3-1-6(2-4-7)8-5-9(14-13-8)10(17)15-16-12/h1-5H,(H,13,14). The maximum atomic E-state index is 12.7. The highest BCUT2D eigenvalue weighted by Crippen LogP contribution is 2.18. The van der Waals surface area contributed by atoms with Gasteiger partial charge >= 0.3 is 0 Å². The predicted octanol–water partition coefficient (Wildman–Crippen LogP) is 2.67. The lowest BCUT2D eigenvalue weighted by molar-refractivity contribution is 0.0995. The van der Waals surface area contributed by atoms with E-state index in [1.807, 2.05) is 0 Å². The molecular weight excluding hydrogens is 225 g/mol. The van der Waals surface area contributed by atoms with Crippen LogP contribution in [0.3, 0.4) is 0 Å². The predicted molar refractivity (Wildman–Crippen MR) is 57.5 cm³/mol. The normalized spacial score (nSPS) is 9.71. The van der Waals surface area contributed by atoms with E-state index < -0.39 is 5.91 Å². The van der Waals surface area contributed by atoms with Gasteiger partial charge in [0.1, 0.15) is 11.5 Å². The Hall–Kier alpha value is -2.66. The zero-order valence-corrected chi connectivity index (χ0v) is 8.46. The number of aromatic amines is 1. The van der Waals surface area contributed by atoms with Crippen molar-refractivity contribution in [1.29, 1.82) is 0 Å². The van der Waals surface area contributed by atoms with Crippen LogP contribution in [-0.4, -0.2) is 16.1 Å². The van der Waals surface area contributed by atoms with E-state index in [0.717, 1.165) is 0 Å². The molecule has 0 aliphatic carbocycles. The number of H-pyrrole nitrogens is 1. The Labute approximate surface area is 94.7 Å². The molecule has 84 valence electrons. The summed E-state index contributed by atoms with van der Waals surface area (Å²) in [6, 6.07) is 7.09. The lowest BCUT2D eigenvalue weighted by Crippen LogP contribution is -1.92. The molecule has 0 fully saturated rings. The van der Waals surface area contributed by atoms with Gasteiger partial charge in [-0.3, -0.25) is 9.89 Å². The van der Waals surface area contributed by atoms with E-state index in [-0.39, 0.29) is 11.5 Å². The fraction of sp³-hybridized carbons (Fsp3) is 0. The fourth-order valence-electron chi connectivity index (χ4n) is 1.29. The number of aromatic nitrogens is 2. The first-order valence-corrected chi connectivity index (χ1v) is 4.61. The summed E-state index contributed by atoms with van der Waals surface area (Å²) in [6.45, 7) is 0. The number of nitrogens with zero attached hydrogens (tertiary/aromatic N) is 4. The molecule has 0 bridgehead atoms. The molecule has 1 N–H and O–H groups in total. The van der Waals surface area contributed by atoms with Crippen molar-refractivity contribution in [3.05, 3.63) is 52.3 Å². The molecule has 7 heteroatoms. The monoisotopic (exact) mass is 231 g/mol. The van der Waals surface area contributed by atoms with Gasteiger partial charge in [-0.2, -0.15) is 5.10 Å². The molecule has 0 unspecified atom stereocenters. The number of rotatable bonds is 2. The average molecular weight is 231 g/mol. The lowest BCUT2D eigenvalue weighted by Gasteiger charge is -1.94. The van der Waals surface area contributed by atoms with Gasteiger partial charge in [-0.15, -0.1) is 0 Å². The van der Waals surface area contributed by atoms with Crippen LogP contribution in [0.2, 0.25) is 0 Å². The third-order valence-electron chi connectivity index (χ3n) is 2.08. The number of hydrogen-bond donors (Lipinski definition) is 1. The highest BCUT2D eigenvalue weighted by Gasteiger charge is 2.09. The van der Waals surface area contributed by atoms with Gasteiger partial charge in [-0.25, -0.2) is 4.39 Å². The van der Waals surface area contributed by atoms with Gasteiger partial charge in [0, 0.05) is 10.5 Å². The van der Waals surface area contributed by atoms with E-state index in [2.05, 4.69) is 20.2 Å². The van der Waals surface area contributed by atoms with Crippen LogP contribution in [0.5, 0.6) is 0 Å². The van der Waals surface area contributed by atoms with Crippen molar-refractivity contribution in [3.63, 3.8) is 0 Å². The van der Waals surface area contributed by atoms with Gasteiger partial charge in [0.15, 0.2) is 0 Å². The first kappa shape index (κ1) is 10.8. The van der Waals surface area contributed by atoms with Crippen LogP contribution in [0.15, 0.2) is 35.4 Å². The molecule has 1 heterocycles. The molecule has 0 saturated carbocycles. The Balaban J connectivity index is 2.32. The van der Waals surface area contributed by atoms with Crippen molar-refractivity contribution >= 4 is 5.91 Å². The third-order valence-corrected chi connectivity index (χ3v) is 2.08. The molecule has 1 amide bonds. The number of hydrogen-bond acceptors (Lipinski definition) is 2. The van der Waals surface area contributed by atoms with Crippen molar-refractivity contribution in [2.45, 2.75) is 0 Å². The molecule has 2 rings (SSSR count). The number of carbonyl (C=O) groups excluding carboxylic acids is 1. The van der Waals surface area contributed by atoms with Gasteiger partial charge in [-0.05, 0) is 41.0 Å². The van der Waals surface area contributed by atoms with Crippen LogP contribution >= 0.6 is 0 Å². The molecule has 0 radical (unpaired) electrons. The van der Waals surface area contributed by atoms with E-state index in [0.29, 0.717) is 11.3 Å². The van der Waals surface area contributed by atoms with Crippen LogP contribution in [0.4, 0.5) is 4.39 Å². The quantitative estimate of drug-likeness (QED) is 0.488. The third kappa shape index (κ3) is 2.30. The Kier molecular flexibility index (Phi) is 2.85. The smallest absolute Gasteiger partial charge is 0.266 e. The van der Waals surface area contributed by atoms with Gasteiger partial charge in [-0.1, -0.05) is 0 Å². The summed E-state index contributed by atoms with van der Waals surface area (Å²) in [5.74, 6) is -1.09. The maximum absolute atomic E-state index is 12.7. The Morgan fingerprint density at radius 3 is 2.76 bits per heavy atom. The van der Waals surface area contributed by atoms with Crippen molar-refractivity contribution in [1.82, 2.24) is 10.2 Å². The SMILES string of the molecule is [N-]=[N+]=NC(=O)c1cc(-c2ccc(F)cc2)n[nH]1. The largest absolute Gasteiger partial charge is 0.285 e. The number of azide groups is 1. The van der Waals surface area contributed by atoms with Crippen LogP contribution in [-0.2, 0) is 0 Å². The Bertz CT molecular complexity index is 597. The number of benzene rings is 1. The Morgan fingerprint density at radius 1 is 1.41 bits per heavy atom. The summed E-state index contributed by atoms with van der Waals surface area (Å²) in [7, 11) is 0. The summed E-state index contributed by atoms with van der Waals surface area (Å²) < 4.78 is 12.7. The second-order valence-electron chi connectivity index (χ2n) is 3.17. The minimum Gasteiger partial charge on any atom is -0.285 e. The molecule has 0 aliphatic heterocycles. The summed E-state index contributed by atoms with van der Waals surface area (Å²) in [4.78, 5) is 13.6. The number of halogens is 1. The molecular formula is C10H6FN5O. The van der Waals surface area contributed by atoms with Crippen LogP contribution in [0.25, 0.3) is 21.7 Å². The molecule has 0 atom stereocenters. The first-order chi connectivity index (χ1) is 8.20. The van der Waals surface area contributed by atoms with Gasteiger partial charge < -0.3 is 0 Å². The van der Waals surface area contributed by atoms with Crippen LogP contribution in [0, 0.1) is 5.82 Å². The first-order valence-electron chi connectivity index (χ1n) is 4.61. The average Bonchev–Trinajstić information content (AvgIpc) is 2.80. The summed E-state index contributed by atoms with van der Waals surface area (Å²) in [5, 5.41) is 9.24. The van der Waals surface area contributed by atoms with Crippen molar-refractivity contribution in [2.75, 3.05) is 0 Å². The minimum atomic E-state index is -0.742. The molecule has 2 aromatic rings. The van der Waals surface area contributed by atoms with E-state index in [1.54, 1.807) is 0 Å². The molecule has 0 spiro atoms. The zero-order valence-electron chi connectivity index (χ0n) is 8.46. The topological polar surface area (TPSA) is 94.5 Å². The zero-order chi connectivity index (χ0) is 12.3. The fourth-order valence-corrected chi connectivity index (χ4v) is 1.29. The highest BCUT2D eigenvalue weighted by molar-refractivity contribution is 5.93. The van der Waals surface area contributed by atoms with Gasteiger partial charge in [0.25, 0.3) is 5.91 Å². The minimum absolute atomic E-state index is 0.0853. The van der Waals surface area contributed by atoms with E-state index >= 15 is 0 Å². The highest BCUT2D eigenvalue weighted by atomic mass is 19.1. The number of carbonyl (C=O) groups is 1. The second-order valence-corrected chi connectivity index (χ2v) is 3.17. The summed E-state index contributed by atoms with van der Waals surface area (Å²) in [5.41, 5.74) is 9.33. The van der Waals surface area contributed by atoms with Crippen LogP contribution in [0.1, 0.15) is 10.5 Å². The summed E-state index contributed by atoms with van der Waals surface area (Å²) in [6.07, 6.45) is 0. The molecule has 0 aliphatic rings. The Morgan fingerprint density at radius 2 is 2.12 bits per heavy atom. The van der Waals surface area contributed by atoms with E-state index in [4.69, 9.17) is 5.53 Å². The number of amides is 1. The van der Waals surface area contributed by atoms with Crippen molar-refractivity contribution < 1.29 is 9.18 Å². The van der Waals surface area contributed by atoms with E-state index in [1.165, 1.54) is 30.3 Å². The second kappa shape index (κ2) is 4.46. The molecule has 1 aromatic carbocycles. The number of nitrogens with one attached hydrogen (secondary N) is 1. The van der Waals surface area contributed by atoms with Gasteiger partial charge in [0.2, 0.25) is 0 Å². The molecule has 0 saturated heterocycles. The lowest BCUT2D eigenvalue weighted by atomic mass is 10.1. The van der Waals surface area contributed by atoms with Crippen molar-refractivity contribution in [3.8, 4) is 11.3 Å². The van der Waals surface area contributed by atoms with Gasteiger partial charge in [0.05, 0.1) is 5.69 Å². The van der Waals surface area contributed by atoms with Crippen LogP contribution < -0.4 is 0 Å². The molecule has 1 aromatic heterocycles. The summed E-state index contributed by atoms with van der Waals surface area (Å²) >= 11 is 0. The maximum Gasteiger partial charge on any atom is 0.266 e. The van der Waals surface area contributed by atoms with Crippen molar-refractivity contribution in [2.24, 2.45) is 5.11 Å². The van der Waals surface area contributed by atoms with E-state index in [9.17, 15) is 9.18 Å². The molecule has 6 nitrogen and oxygen atoms in total. The molecule has 17 heavy (non-hydrogen) atoms.